The van der Waals surface area contributed by atoms with Crippen LogP contribution in [0.2, 0.25) is 0 Å². The Morgan fingerprint density at radius 3 is 2.60 bits per heavy atom. The minimum absolute atomic E-state index is 0.923. The molecule has 0 atom stereocenters. The second kappa shape index (κ2) is 5.98. The molecule has 3 rings (SSSR count). The fourth-order valence-electron chi connectivity index (χ4n) is 2.29. The summed E-state index contributed by atoms with van der Waals surface area (Å²) in [5, 5.41) is 2.30. The summed E-state index contributed by atoms with van der Waals surface area (Å²) in [6, 6.07) is 19.0. The molecule has 0 radical (unpaired) electrons. The summed E-state index contributed by atoms with van der Waals surface area (Å²) in [6.07, 6.45) is 3.01. The van der Waals surface area contributed by atoms with Crippen molar-refractivity contribution in [3.8, 4) is 0 Å². The van der Waals surface area contributed by atoms with Crippen LogP contribution in [0.5, 0.6) is 0 Å². The van der Waals surface area contributed by atoms with E-state index in [1.165, 1.54) is 16.5 Å². The Bertz CT molecular complexity index is 741. The molecular formula is C17H14BrNS. The summed E-state index contributed by atoms with van der Waals surface area (Å²) in [6.45, 7) is 0. The van der Waals surface area contributed by atoms with Gasteiger partial charge in [-0.2, -0.15) is 0 Å². The van der Waals surface area contributed by atoms with Crippen LogP contribution in [0, 0.1) is 0 Å². The smallest absolute Gasteiger partial charge is 0.1000 e. The maximum atomic E-state index is 4.77. The second-order valence-corrected chi connectivity index (χ2v) is 6.37. The van der Waals surface area contributed by atoms with Gasteiger partial charge in [0.2, 0.25) is 0 Å². The summed E-state index contributed by atoms with van der Waals surface area (Å²) in [4.78, 5) is 4.77. The van der Waals surface area contributed by atoms with Gasteiger partial charge in [-0.05, 0) is 41.6 Å². The lowest BCUT2D eigenvalue weighted by Gasteiger charge is -2.09. The molecule has 0 amide bonds. The average molecular weight is 344 g/mol. The van der Waals surface area contributed by atoms with Crippen molar-refractivity contribution in [2.75, 3.05) is 6.26 Å². The molecule has 0 saturated carbocycles. The minimum Gasteiger partial charge on any atom is -0.241 e. The van der Waals surface area contributed by atoms with Crippen molar-refractivity contribution in [2.24, 2.45) is 0 Å². The lowest BCUT2D eigenvalue weighted by molar-refractivity contribution is 1.05. The average Bonchev–Trinajstić information content (AvgIpc) is 2.47. The predicted octanol–water partition coefficient (Wildman–Crippen LogP) is 5.31. The molecule has 1 heterocycles. The topological polar surface area (TPSA) is 12.9 Å². The Labute approximate surface area is 131 Å². The third kappa shape index (κ3) is 2.89. The highest BCUT2D eigenvalue weighted by Gasteiger charge is 2.07. The Kier molecular flexibility index (Phi) is 4.08. The highest BCUT2D eigenvalue weighted by Crippen LogP contribution is 2.27. The van der Waals surface area contributed by atoms with Crippen LogP contribution in [0.4, 0.5) is 0 Å². The molecule has 0 N–H and O–H groups in total. The molecule has 0 aliphatic carbocycles. The zero-order chi connectivity index (χ0) is 13.9. The van der Waals surface area contributed by atoms with E-state index in [-0.39, 0.29) is 0 Å². The van der Waals surface area contributed by atoms with Crippen LogP contribution in [0.15, 0.2) is 64.1 Å². The van der Waals surface area contributed by atoms with Crippen LogP contribution in [0.25, 0.3) is 10.9 Å². The number of halogens is 1. The molecule has 1 aromatic heterocycles. The molecule has 0 bridgehead atoms. The van der Waals surface area contributed by atoms with Crippen LogP contribution in [-0.2, 0) is 6.42 Å². The molecule has 100 valence electrons. The van der Waals surface area contributed by atoms with Gasteiger partial charge in [-0.25, -0.2) is 4.98 Å². The van der Waals surface area contributed by atoms with E-state index < -0.39 is 0 Å². The number of hydrogen-bond donors (Lipinski definition) is 0. The fraction of sp³-hybridized carbons (Fsp3) is 0.118. The third-order valence-corrected chi connectivity index (χ3v) is 4.48. The normalized spacial score (nSPS) is 10.9. The van der Waals surface area contributed by atoms with Crippen molar-refractivity contribution in [2.45, 2.75) is 11.4 Å². The highest BCUT2D eigenvalue weighted by molar-refractivity contribution is 9.10. The summed E-state index contributed by atoms with van der Waals surface area (Å²) in [5.74, 6) is 0. The van der Waals surface area contributed by atoms with Gasteiger partial charge >= 0.3 is 0 Å². The first-order valence-corrected chi connectivity index (χ1v) is 8.45. The molecule has 3 heteroatoms. The Morgan fingerprint density at radius 1 is 1.05 bits per heavy atom. The first kappa shape index (κ1) is 13.7. The van der Waals surface area contributed by atoms with Gasteiger partial charge in [-0.15, -0.1) is 11.8 Å². The van der Waals surface area contributed by atoms with Crippen LogP contribution in [0.3, 0.4) is 0 Å². The summed E-state index contributed by atoms with van der Waals surface area (Å²) in [5.41, 5.74) is 3.66. The van der Waals surface area contributed by atoms with Gasteiger partial charge in [-0.1, -0.05) is 46.3 Å². The van der Waals surface area contributed by atoms with Crippen molar-refractivity contribution in [1.82, 2.24) is 4.98 Å². The number of thioether (sulfide) groups is 1. The lowest BCUT2D eigenvalue weighted by Crippen LogP contribution is -1.94. The van der Waals surface area contributed by atoms with Crippen LogP contribution in [0.1, 0.15) is 11.1 Å². The van der Waals surface area contributed by atoms with E-state index in [0.717, 1.165) is 21.4 Å². The standard InChI is InChI=1S/C17H14BrNS/c1-20-17-14(9-12-5-3-2-4-6-12)10-13-11-15(18)7-8-16(13)19-17/h2-8,10-11H,9H2,1H3. The number of rotatable bonds is 3. The number of pyridine rings is 1. The van der Waals surface area contributed by atoms with Crippen molar-refractivity contribution in [3.05, 3.63) is 70.2 Å². The van der Waals surface area contributed by atoms with Gasteiger partial charge in [0.25, 0.3) is 0 Å². The molecule has 0 fully saturated rings. The van der Waals surface area contributed by atoms with Gasteiger partial charge < -0.3 is 0 Å². The Morgan fingerprint density at radius 2 is 1.85 bits per heavy atom. The maximum Gasteiger partial charge on any atom is 0.1000 e. The van der Waals surface area contributed by atoms with Crippen molar-refractivity contribution in [3.63, 3.8) is 0 Å². The fourth-order valence-corrected chi connectivity index (χ4v) is 3.25. The van der Waals surface area contributed by atoms with E-state index >= 15 is 0 Å². The number of aromatic nitrogens is 1. The first-order valence-electron chi connectivity index (χ1n) is 6.43. The maximum absolute atomic E-state index is 4.77. The number of hydrogen-bond acceptors (Lipinski definition) is 2. The number of fused-ring (bicyclic) bond motifs is 1. The molecule has 1 nitrogen and oxygen atoms in total. The molecule has 0 aliphatic rings. The second-order valence-electron chi connectivity index (χ2n) is 4.66. The monoisotopic (exact) mass is 343 g/mol. The molecule has 0 unspecified atom stereocenters. The van der Waals surface area contributed by atoms with Gasteiger partial charge in [0.15, 0.2) is 0 Å². The predicted molar refractivity (Wildman–Crippen MR) is 90.5 cm³/mol. The molecule has 20 heavy (non-hydrogen) atoms. The lowest BCUT2D eigenvalue weighted by atomic mass is 10.0. The van der Waals surface area contributed by atoms with Crippen molar-refractivity contribution < 1.29 is 0 Å². The van der Waals surface area contributed by atoms with E-state index in [2.05, 4.69) is 70.7 Å². The van der Waals surface area contributed by atoms with Crippen LogP contribution < -0.4 is 0 Å². The van der Waals surface area contributed by atoms with E-state index in [0.29, 0.717) is 0 Å². The van der Waals surface area contributed by atoms with Crippen LogP contribution in [-0.4, -0.2) is 11.2 Å². The van der Waals surface area contributed by atoms with Gasteiger partial charge in [0.05, 0.1) is 10.5 Å². The quantitative estimate of drug-likeness (QED) is 0.597. The number of benzene rings is 2. The van der Waals surface area contributed by atoms with E-state index in [1.807, 2.05) is 6.07 Å². The largest absolute Gasteiger partial charge is 0.241 e. The molecule has 0 spiro atoms. The van der Waals surface area contributed by atoms with Gasteiger partial charge in [0.1, 0.15) is 0 Å². The van der Waals surface area contributed by atoms with E-state index in [4.69, 9.17) is 4.98 Å². The van der Waals surface area contributed by atoms with Gasteiger partial charge in [-0.3, -0.25) is 0 Å². The Hall–Kier alpha value is -1.32. The molecule has 0 aliphatic heterocycles. The summed E-state index contributed by atoms with van der Waals surface area (Å²) >= 11 is 5.24. The Balaban J connectivity index is 2.08. The third-order valence-electron chi connectivity index (χ3n) is 3.25. The van der Waals surface area contributed by atoms with Crippen molar-refractivity contribution in [1.29, 1.82) is 0 Å². The number of nitrogens with zero attached hydrogens (tertiary/aromatic N) is 1. The first-order chi connectivity index (χ1) is 9.76. The highest BCUT2D eigenvalue weighted by atomic mass is 79.9. The summed E-state index contributed by atoms with van der Waals surface area (Å²) < 4.78 is 1.09. The zero-order valence-electron chi connectivity index (χ0n) is 11.1. The molecule has 3 aromatic rings. The summed E-state index contributed by atoms with van der Waals surface area (Å²) in [7, 11) is 0. The zero-order valence-corrected chi connectivity index (χ0v) is 13.5. The minimum atomic E-state index is 0.923. The van der Waals surface area contributed by atoms with Crippen molar-refractivity contribution >= 4 is 38.6 Å². The molecular weight excluding hydrogens is 330 g/mol. The molecule has 2 aromatic carbocycles. The SMILES string of the molecule is CSc1nc2ccc(Br)cc2cc1Cc1ccccc1. The van der Waals surface area contributed by atoms with E-state index in [9.17, 15) is 0 Å². The van der Waals surface area contributed by atoms with Gasteiger partial charge in [0, 0.05) is 16.3 Å². The van der Waals surface area contributed by atoms with E-state index in [1.54, 1.807) is 11.8 Å². The molecule has 0 saturated heterocycles. The van der Waals surface area contributed by atoms with Crippen LogP contribution >= 0.6 is 27.7 Å².